The van der Waals surface area contributed by atoms with Gasteiger partial charge in [0, 0.05) is 23.6 Å². The predicted octanol–water partition coefficient (Wildman–Crippen LogP) is 3.92. The maximum absolute atomic E-state index is 12.6. The van der Waals surface area contributed by atoms with Crippen LogP contribution in [-0.2, 0) is 11.2 Å². The molecule has 1 aliphatic rings. The number of hydrogen-bond donors (Lipinski definition) is 1. The van der Waals surface area contributed by atoms with Gasteiger partial charge in [-0.15, -0.1) is 0 Å². The molecule has 0 aliphatic carbocycles. The van der Waals surface area contributed by atoms with E-state index in [0.717, 1.165) is 11.1 Å². The van der Waals surface area contributed by atoms with Crippen LogP contribution in [0.1, 0.15) is 35.1 Å². The number of carbonyl (C=O) groups excluding carboxylic acids is 2. The maximum atomic E-state index is 12.6. The third-order valence-electron chi connectivity index (χ3n) is 5.63. The van der Waals surface area contributed by atoms with Crippen molar-refractivity contribution in [3.05, 3.63) is 77.9 Å². The van der Waals surface area contributed by atoms with Gasteiger partial charge >= 0.3 is 6.09 Å². The summed E-state index contributed by atoms with van der Waals surface area (Å²) in [5, 5.41) is 8.73. The molecular formula is C26H27N5O5. The highest BCUT2D eigenvalue weighted by Crippen LogP contribution is 2.30. The lowest BCUT2D eigenvalue weighted by Gasteiger charge is -2.29. The number of benzene rings is 2. The van der Waals surface area contributed by atoms with Gasteiger partial charge in [0.25, 0.3) is 5.91 Å². The van der Waals surface area contributed by atoms with Crippen LogP contribution in [0.3, 0.4) is 0 Å². The molecule has 2 amide bonds. The number of ether oxygens (including phenoxy) is 3. The van der Waals surface area contributed by atoms with Crippen LogP contribution in [0.25, 0.3) is 0 Å². The largest absolute Gasteiger partial charge is 0.493 e. The van der Waals surface area contributed by atoms with E-state index < -0.39 is 12.2 Å². The number of cyclic esters (lactones) is 1. The van der Waals surface area contributed by atoms with Crippen molar-refractivity contribution in [2.45, 2.75) is 25.9 Å². The third kappa shape index (κ3) is 5.60. The Balaban J connectivity index is 1.45. The highest BCUT2D eigenvalue weighted by molar-refractivity contribution is 6.06. The summed E-state index contributed by atoms with van der Waals surface area (Å²) < 4.78 is 16.4. The van der Waals surface area contributed by atoms with Crippen LogP contribution >= 0.6 is 0 Å². The molecule has 186 valence electrons. The molecule has 1 atom stereocenters. The van der Waals surface area contributed by atoms with Crippen LogP contribution in [0.15, 0.2) is 66.0 Å². The van der Waals surface area contributed by atoms with Gasteiger partial charge in [-0.05, 0) is 54.8 Å². The first kappa shape index (κ1) is 24.6. The second-order valence-electron chi connectivity index (χ2n) is 7.93. The summed E-state index contributed by atoms with van der Waals surface area (Å²) >= 11 is 0. The van der Waals surface area contributed by atoms with Gasteiger partial charge in [-0.2, -0.15) is 10.1 Å². The minimum absolute atomic E-state index is 0.0960. The number of hydrazone groups is 1. The molecule has 0 fully saturated rings. The Hall–Kier alpha value is -4.47. The molecule has 0 saturated heterocycles. The number of methoxy groups -OCH3 is 2. The monoisotopic (exact) mass is 489 g/mol. The lowest BCUT2D eigenvalue weighted by Crippen LogP contribution is -2.42. The van der Waals surface area contributed by atoms with Crippen molar-refractivity contribution in [2.24, 2.45) is 5.10 Å². The summed E-state index contributed by atoms with van der Waals surface area (Å²) in [5.74, 6) is 0.887. The number of nitrogens with one attached hydrogen (secondary N) is 1. The predicted molar refractivity (Wildman–Crippen MR) is 133 cm³/mol. The highest BCUT2D eigenvalue weighted by Gasteiger charge is 2.31. The smallest absolute Gasteiger partial charge is 0.431 e. The summed E-state index contributed by atoms with van der Waals surface area (Å²) in [5.41, 5.74) is 3.03. The molecule has 2 aromatic carbocycles. The Kier molecular flexibility index (Phi) is 7.74. The van der Waals surface area contributed by atoms with Crippen molar-refractivity contribution in [1.82, 2.24) is 15.0 Å². The molecule has 0 spiro atoms. The van der Waals surface area contributed by atoms with E-state index in [1.54, 1.807) is 38.5 Å². The zero-order chi connectivity index (χ0) is 25.5. The molecule has 2 heterocycles. The summed E-state index contributed by atoms with van der Waals surface area (Å²) in [7, 11) is 3.15. The zero-order valence-electron chi connectivity index (χ0n) is 20.3. The van der Waals surface area contributed by atoms with Crippen molar-refractivity contribution in [3.63, 3.8) is 0 Å². The standard InChI is InChI=1S/C26H27N5O5/c1-4-20-23(18-8-11-21(34-2)22(16-18)35-3)30-31(26(33)36-20)15-12-17-6-9-19(10-7-17)29-25(32)24-27-13-5-14-28-24/h5-11,13-14,16,20H,4,12,15H2,1-3H3,(H,29,32). The number of aromatic nitrogens is 2. The lowest BCUT2D eigenvalue weighted by atomic mass is 10.0. The molecule has 0 radical (unpaired) electrons. The number of rotatable bonds is 9. The number of nitrogens with zero attached hydrogens (tertiary/aromatic N) is 4. The minimum Gasteiger partial charge on any atom is -0.493 e. The Morgan fingerprint density at radius 3 is 2.44 bits per heavy atom. The van der Waals surface area contributed by atoms with E-state index in [1.165, 1.54) is 17.4 Å². The first-order chi connectivity index (χ1) is 17.5. The van der Waals surface area contributed by atoms with E-state index in [2.05, 4.69) is 20.4 Å². The topological polar surface area (TPSA) is 115 Å². The summed E-state index contributed by atoms with van der Waals surface area (Å²) in [6.07, 6.45) is 3.22. The third-order valence-corrected chi connectivity index (χ3v) is 5.63. The number of anilines is 1. The fourth-order valence-corrected chi connectivity index (χ4v) is 3.72. The highest BCUT2D eigenvalue weighted by atomic mass is 16.6. The van der Waals surface area contributed by atoms with Crippen molar-refractivity contribution in [3.8, 4) is 11.5 Å². The summed E-state index contributed by atoms with van der Waals surface area (Å²) in [6.45, 7) is 2.27. The molecule has 0 saturated carbocycles. The number of hydrogen-bond acceptors (Lipinski definition) is 8. The van der Waals surface area contributed by atoms with Crippen LogP contribution in [0.4, 0.5) is 10.5 Å². The van der Waals surface area contributed by atoms with Crippen LogP contribution in [0.5, 0.6) is 11.5 Å². The van der Waals surface area contributed by atoms with E-state index in [1.807, 2.05) is 31.2 Å². The van der Waals surface area contributed by atoms with Crippen molar-refractivity contribution >= 4 is 23.4 Å². The van der Waals surface area contributed by atoms with Crippen molar-refractivity contribution in [2.75, 3.05) is 26.1 Å². The average Bonchev–Trinajstić information content (AvgIpc) is 2.93. The lowest BCUT2D eigenvalue weighted by molar-refractivity contribution is 0.0741. The molecule has 3 aromatic rings. The summed E-state index contributed by atoms with van der Waals surface area (Å²) in [6, 6.07) is 14.5. The molecule has 1 N–H and O–H groups in total. The zero-order valence-corrected chi connectivity index (χ0v) is 20.3. The van der Waals surface area contributed by atoms with Gasteiger partial charge in [0.05, 0.1) is 20.8 Å². The minimum atomic E-state index is -0.488. The average molecular weight is 490 g/mol. The molecule has 1 aliphatic heterocycles. The Morgan fingerprint density at radius 1 is 1.06 bits per heavy atom. The maximum Gasteiger partial charge on any atom is 0.431 e. The first-order valence-corrected chi connectivity index (χ1v) is 11.5. The second-order valence-corrected chi connectivity index (χ2v) is 7.93. The number of amides is 2. The second kappa shape index (κ2) is 11.3. The van der Waals surface area contributed by atoms with E-state index in [4.69, 9.17) is 14.2 Å². The molecule has 1 unspecified atom stereocenters. The van der Waals surface area contributed by atoms with Crippen LogP contribution < -0.4 is 14.8 Å². The van der Waals surface area contributed by atoms with Crippen LogP contribution in [0.2, 0.25) is 0 Å². The molecule has 36 heavy (non-hydrogen) atoms. The van der Waals surface area contributed by atoms with Gasteiger partial charge in [0.15, 0.2) is 11.5 Å². The molecule has 0 bridgehead atoms. The van der Waals surface area contributed by atoms with Crippen LogP contribution in [0, 0.1) is 0 Å². The Labute approximate surface area is 208 Å². The SMILES string of the molecule is CCC1OC(=O)N(CCc2ccc(NC(=O)c3ncccn3)cc2)N=C1c1ccc(OC)c(OC)c1. The first-order valence-electron chi connectivity index (χ1n) is 11.5. The summed E-state index contributed by atoms with van der Waals surface area (Å²) in [4.78, 5) is 32.7. The molecule has 10 heteroatoms. The van der Waals surface area contributed by atoms with E-state index in [9.17, 15) is 9.59 Å². The van der Waals surface area contributed by atoms with Gasteiger partial charge < -0.3 is 19.5 Å². The quantitative estimate of drug-likeness (QED) is 0.484. The van der Waals surface area contributed by atoms with Crippen molar-refractivity contribution in [1.29, 1.82) is 0 Å². The van der Waals surface area contributed by atoms with E-state index in [0.29, 0.717) is 42.3 Å². The van der Waals surface area contributed by atoms with E-state index >= 15 is 0 Å². The molecular weight excluding hydrogens is 462 g/mol. The fraction of sp³-hybridized carbons (Fsp3) is 0.269. The van der Waals surface area contributed by atoms with Gasteiger partial charge in [0.1, 0.15) is 11.8 Å². The van der Waals surface area contributed by atoms with Crippen LogP contribution in [-0.4, -0.2) is 59.6 Å². The Morgan fingerprint density at radius 2 is 1.78 bits per heavy atom. The molecule has 1 aromatic heterocycles. The van der Waals surface area contributed by atoms with Crippen molar-refractivity contribution < 1.29 is 23.8 Å². The Bertz CT molecular complexity index is 1250. The number of carbonyl (C=O) groups is 2. The van der Waals surface area contributed by atoms with Gasteiger partial charge in [-0.3, -0.25) is 4.79 Å². The van der Waals surface area contributed by atoms with E-state index in [-0.39, 0.29) is 11.7 Å². The van der Waals surface area contributed by atoms with Gasteiger partial charge in [-0.25, -0.2) is 14.8 Å². The van der Waals surface area contributed by atoms with Gasteiger partial charge in [0.2, 0.25) is 5.82 Å². The molecule has 4 rings (SSSR count). The molecule has 10 nitrogen and oxygen atoms in total. The normalized spacial score (nSPS) is 15.1. The fourth-order valence-electron chi connectivity index (χ4n) is 3.72. The van der Waals surface area contributed by atoms with Gasteiger partial charge in [-0.1, -0.05) is 19.1 Å².